The Bertz CT molecular complexity index is 1070. The van der Waals surface area contributed by atoms with Crippen molar-refractivity contribution in [2.24, 2.45) is 12.2 Å². The summed E-state index contributed by atoms with van der Waals surface area (Å²) in [6.07, 6.45) is 0. The van der Waals surface area contributed by atoms with Crippen LogP contribution in [-0.2, 0) is 31.0 Å². The summed E-state index contributed by atoms with van der Waals surface area (Å²) < 4.78 is 6.95. The summed E-state index contributed by atoms with van der Waals surface area (Å²) in [5.74, 6) is -0.655. The smallest absolute Gasteiger partial charge is 0.352 e. The van der Waals surface area contributed by atoms with Crippen molar-refractivity contribution in [3.8, 4) is 0 Å². The number of carboxylic acids is 1. The van der Waals surface area contributed by atoms with Crippen LogP contribution in [-0.4, -0.2) is 96.1 Å². The fourth-order valence-corrected chi connectivity index (χ4v) is 6.24. The molecule has 3 aliphatic rings. The predicted molar refractivity (Wildman–Crippen MR) is 120 cm³/mol. The van der Waals surface area contributed by atoms with Gasteiger partial charge in [0.1, 0.15) is 24.2 Å². The lowest BCUT2D eigenvalue weighted by molar-refractivity contribution is -0.150. The Labute approximate surface area is 200 Å². The average Bonchev–Trinajstić information content (AvgIpc) is 3.23. The molecule has 1 fully saturated rings. The van der Waals surface area contributed by atoms with E-state index in [0.717, 1.165) is 5.75 Å². The highest BCUT2D eigenvalue weighted by Crippen LogP contribution is 2.41. The fraction of sp³-hybridized carbons (Fsp3) is 0.471. The SMILES string of the molecule is CO/N=C(/C(=O)NC1C(=O)N2C(C(=O)O)=C(CSc3nnnn3C)CSC12)C1=CSCCO1. The molecule has 16 heteroatoms. The number of nitrogens with one attached hydrogen (secondary N) is 1. The Morgan fingerprint density at radius 2 is 2.30 bits per heavy atom. The van der Waals surface area contributed by atoms with Gasteiger partial charge in [0, 0.05) is 29.7 Å². The minimum Gasteiger partial charge on any atom is -0.490 e. The highest BCUT2D eigenvalue weighted by Gasteiger charge is 2.54. The number of aryl methyl sites for hydroxylation is 1. The van der Waals surface area contributed by atoms with Gasteiger partial charge in [0.05, 0.1) is 6.61 Å². The van der Waals surface area contributed by atoms with Gasteiger partial charge < -0.3 is 20.0 Å². The van der Waals surface area contributed by atoms with Gasteiger partial charge in [-0.3, -0.25) is 14.5 Å². The molecular weight excluding hydrogens is 494 g/mol. The molecule has 13 nitrogen and oxygen atoms in total. The second-order valence-electron chi connectivity index (χ2n) is 6.82. The van der Waals surface area contributed by atoms with Crippen molar-refractivity contribution < 1.29 is 29.1 Å². The average molecular weight is 514 g/mol. The monoisotopic (exact) mass is 513 g/mol. The van der Waals surface area contributed by atoms with E-state index in [1.807, 2.05) is 0 Å². The Morgan fingerprint density at radius 3 is 2.94 bits per heavy atom. The number of hydrogen-bond donors (Lipinski definition) is 2. The molecule has 0 aliphatic carbocycles. The second-order valence-corrected chi connectivity index (χ2v) is 9.84. The van der Waals surface area contributed by atoms with E-state index in [2.05, 4.69) is 26.0 Å². The minimum absolute atomic E-state index is 0.0719. The summed E-state index contributed by atoms with van der Waals surface area (Å²) in [5.41, 5.74) is 0.423. The molecule has 2 atom stereocenters. The number of fused-ring (bicyclic) bond motifs is 1. The lowest BCUT2D eigenvalue weighted by Gasteiger charge is -2.49. The third-order valence-electron chi connectivity index (χ3n) is 4.77. The van der Waals surface area contributed by atoms with E-state index in [1.165, 1.54) is 52.0 Å². The Morgan fingerprint density at radius 1 is 1.48 bits per heavy atom. The van der Waals surface area contributed by atoms with E-state index < -0.39 is 29.2 Å². The van der Waals surface area contributed by atoms with Crippen molar-refractivity contribution >= 4 is 58.8 Å². The van der Waals surface area contributed by atoms with E-state index in [9.17, 15) is 19.5 Å². The van der Waals surface area contributed by atoms with Gasteiger partial charge in [0.2, 0.25) is 10.9 Å². The minimum atomic E-state index is -1.20. The molecule has 2 amide bonds. The number of aromatic nitrogens is 4. The standard InChI is InChI=1S/C17H19N7O6S3/c1-23-17(19-21-22-23)33-6-8-5-32-15-11(14(26)24(15)12(8)16(27)28)18-13(25)10(20-29-2)9-7-31-4-3-30-9/h7,11,15H,3-6H2,1-2H3,(H,18,25)(H,27,28)/b20-10+. The summed E-state index contributed by atoms with van der Waals surface area (Å²) in [4.78, 5) is 43.7. The van der Waals surface area contributed by atoms with Crippen LogP contribution in [0.15, 0.2) is 32.7 Å². The van der Waals surface area contributed by atoms with Crippen LogP contribution in [0.4, 0.5) is 0 Å². The van der Waals surface area contributed by atoms with Crippen LogP contribution >= 0.6 is 35.3 Å². The number of carbonyl (C=O) groups is 3. The molecule has 1 aromatic heterocycles. The fourth-order valence-electron chi connectivity index (χ4n) is 3.28. The van der Waals surface area contributed by atoms with Crippen LogP contribution < -0.4 is 5.32 Å². The number of aliphatic carboxylic acids is 1. The zero-order valence-electron chi connectivity index (χ0n) is 17.5. The van der Waals surface area contributed by atoms with Crippen molar-refractivity contribution in [3.05, 3.63) is 22.4 Å². The van der Waals surface area contributed by atoms with Crippen molar-refractivity contribution in [2.75, 3.05) is 31.0 Å². The maximum Gasteiger partial charge on any atom is 0.352 e. The number of ether oxygens (including phenoxy) is 1. The van der Waals surface area contributed by atoms with E-state index in [4.69, 9.17) is 9.57 Å². The second kappa shape index (κ2) is 10.0. The lowest BCUT2D eigenvalue weighted by Crippen LogP contribution is -2.71. The van der Waals surface area contributed by atoms with Crippen molar-refractivity contribution in [2.45, 2.75) is 16.6 Å². The molecule has 2 unspecified atom stereocenters. The number of oxime groups is 1. The van der Waals surface area contributed by atoms with E-state index >= 15 is 0 Å². The first-order chi connectivity index (χ1) is 15.9. The molecule has 4 heterocycles. The van der Waals surface area contributed by atoms with Gasteiger partial charge in [-0.15, -0.1) is 28.6 Å². The van der Waals surface area contributed by atoms with Gasteiger partial charge in [0.25, 0.3) is 11.8 Å². The number of thioether (sulfide) groups is 3. The Balaban J connectivity index is 1.48. The van der Waals surface area contributed by atoms with Crippen LogP contribution in [0.5, 0.6) is 0 Å². The largest absolute Gasteiger partial charge is 0.490 e. The molecule has 1 saturated heterocycles. The zero-order chi connectivity index (χ0) is 23.5. The molecule has 4 rings (SSSR count). The van der Waals surface area contributed by atoms with Gasteiger partial charge in [-0.2, -0.15) is 0 Å². The number of amides is 2. The lowest BCUT2D eigenvalue weighted by atomic mass is 10.0. The van der Waals surface area contributed by atoms with Gasteiger partial charge in [-0.05, 0) is 16.0 Å². The third-order valence-corrected chi connectivity index (χ3v) is 7.99. The summed E-state index contributed by atoms with van der Waals surface area (Å²) in [6, 6.07) is -0.895. The number of rotatable bonds is 8. The van der Waals surface area contributed by atoms with Crippen molar-refractivity contribution in [1.82, 2.24) is 30.4 Å². The van der Waals surface area contributed by atoms with Crippen LogP contribution in [0.2, 0.25) is 0 Å². The molecule has 3 aliphatic heterocycles. The molecule has 0 aromatic carbocycles. The van der Waals surface area contributed by atoms with Gasteiger partial charge in [-0.1, -0.05) is 16.9 Å². The molecule has 0 radical (unpaired) electrons. The maximum absolute atomic E-state index is 12.9. The zero-order valence-corrected chi connectivity index (χ0v) is 19.9. The molecular formula is C17H19N7O6S3. The maximum atomic E-state index is 12.9. The topological polar surface area (TPSA) is 161 Å². The van der Waals surface area contributed by atoms with Crippen LogP contribution in [0.25, 0.3) is 0 Å². The van der Waals surface area contributed by atoms with E-state index in [0.29, 0.717) is 28.8 Å². The van der Waals surface area contributed by atoms with Crippen LogP contribution in [0, 0.1) is 0 Å². The number of carbonyl (C=O) groups excluding carboxylic acids is 2. The first kappa shape index (κ1) is 23.4. The first-order valence-corrected chi connectivity index (χ1v) is 12.6. The normalized spacial score (nSPS) is 22.7. The van der Waals surface area contributed by atoms with Crippen molar-refractivity contribution in [3.63, 3.8) is 0 Å². The highest BCUT2D eigenvalue weighted by atomic mass is 32.2. The number of hydrogen-bond acceptors (Lipinski definition) is 12. The molecule has 2 N–H and O–H groups in total. The van der Waals surface area contributed by atoms with Crippen LogP contribution in [0.3, 0.4) is 0 Å². The molecule has 33 heavy (non-hydrogen) atoms. The molecule has 0 spiro atoms. The first-order valence-electron chi connectivity index (χ1n) is 9.54. The van der Waals surface area contributed by atoms with Gasteiger partial charge in [-0.25, -0.2) is 9.48 Å². The highest BCUT2D eigenvalue weighted by molar-refractivity contribution is 8.02. The van der Waals surface area contributed by atoms with Crippen molar-refractivity contribution in [1.29, 1.82) is 0 Å². The molecule has 0 saturated carbocycles. The quantitative estimate of drug-likeness (QED) is 0.201. The van der Waals surface area contributed by atoms with Gasteiger partial charge >= 0.3 is 5.97 Å². The summed E-state index contributed by atoms with van der Waals surface area (Å²) >= 11 is 4.12. The number of nitrogens with zero attached hydrogens (tertiary/aromatic N) is 6. The molecule has 176 valence electrons. The number of β-lactam (4-membered cyclic amide) rings is 1. The van der Waals surface area contributed by atoms with E-state index in [-0.39, 0.29) is 17.2 Å². The Hall–Kier alpha value is -2.72. The Kier molecular flexibility index (Phi) is 7.14. The predicted octanol–water partition coefficient (Wildman–Crippen LogP) is -0.352. The summed E-state index contributed by atoms with van der Waals surface area (Å²) in [6.45, 7) is 0.416. The molecule has 1 aromatic rings. The third kappa shape index (κ3) is 4.67. The number of tetrazole rings is 1. The number of carboxylic acid groups (broad SMARTS) is 1. The van der Waals surface area contributed by atoms with Gasteiger partial charge in [0.15, 0.2) is 5.76 Å². The van der Waals surface area contributed by atoms with Crippen LogP contribution in [0.1, 0.15) is 0 Å². The summed E-state index contributed by atoms with van der Waals surface area (Å²) in [7, 11) is 2.98. The summed E-state index contributed by atoms with van der Waals surface area (Å²) in [5, 5.41) is 29.0. The van der Waals surface area contributed by atoms with E-state index in [1.54, 1.807) is 12.5 Å². The molecule has 0 bridgehead atoms.